The SMILES string of the molecule is Cc1cc(CN2CCC(C3CCN(CCc4ccccc4)C3)CC2)n[nH]1. The lowest BCUT2D eigenvalue weighted by Crippen LogP contribution is -2.36. The van der Waals surface area contributed by atoms with E-state index in [9.17, 15) is 0 Å². The summed E-state index contributed by atoms with van der Waals surface area (Å²) in [5.74, 6) is 1.84. The molecular weight excluding hydrogens is 320 g/mol. The summed E-state index contributed by atoms with van der Waals surface area (Å²) in [5.41, 5.74) is 3.82. The Morgan fingerprint density at radius 2 is 1.73 bits per heavy atom. The highest BCUT2D eigenvalue weighted by atomic mass is 15.2. The van der Waals surface area contributed by atoms with Gasteiger partial charge in [-0.25, -0.2) is 0 Å². The zero-order chi connectivity index (χ0) is 17.8. The van der Waals surface area contributed by atoms with Crippen molar-refractivity contribution in [2.24, 2.45) is 11.8 Å². The molecule has 0 bridgehead atoms. The Bertz CT molecular complexity index is 672. The minimum absolute atomic E-state index is 0.917. The number of nitrogens with zero attached hydrogens (tertiary/aromatic N) is 3. The number of benzene rings is 1. The first-order valence-electron chi connectivity index (χ1n) is 10.3. The van der Waals surface area contributed by atoms with Crippen LogP contribution >= 0.6 is 0 Å². The molecule has 26 heavy (non-hydrogen) atoms. The number of aryl methyl sites for hydroxylation is 1. The van der Waals surface area contributed by atoms with Crippen LogP contribution in [0, 0.1) is 18.8 Å². The van der Waals surface area contributed by atoms with Crippen LogP contribution in [0.1, 0.15) is 36.2 Å². The molecule has 0 radical (unpaired) electrons. The summed E-state index contributed by atoms with van der Waals surface area (Å²) in [7, 11) is 0. The van der Waals surface area contributed by atoms with Crippen LogP contribution < -0.4 is 0 Å². The second-order valence-corrected chi connectivity index (χ2v) is 8.24. The van der Waals surface area contributed by atoms with Crippen LogP contribution in [0.4, 0.5) is 0 Å². The van der Waals surface area contributed by atoms with Crippen LogP contribution in [0.3, 0.4) is 0 Å². The van der Waals surface area contributed by atoms with Crippen LogP contribution in [0.5, 0.6) is 0 Å². The molecule has 2 aliphatic heterocycles. The number of rotatable bonds is 6. The highest BCUT2D eigenvalue weighted by molar-refractivity contribution is 5.15. The molecule has 1 unspecified atom stereocenters. The van der Waals surface area contributed by atoms with Crippen LogP contribution in [-0.2, 0) is 13.0 Å². The van der Waals surface area contributed by atoms with Crippen LogP contribution in [0.25, 0.3) is 0 Å². The maximum absolute atomic E-state index is 4.39. The summed E-state index contributed by atoms with van der Waals surface area (Å²) in [5, 5.41) is 7.45. The van der Waals surface area contributed by atoms with Gasteiger partial charge in [0.1, 0.15) is 0 Å². The smallest absolute Gasteiger partial charge is 0.0765 e. The van der Waals surface area contributed by atoms with Gasteiger partial charge in [-0.3, -0.25) is 10.00 Å². The molecular formula is C22H32N4. The molecule has 140 valence electrons. The fourth-order valence-electron chi connectivity index (χ4n) is 4.75. The molecule has 1 aromatic heterocycles. The van der Waals surface area contributed by atoms with Gasteiger partial charge in [0, 0.05) is 25.3 Å². The van der Waals surface area contributed by atoms with E-state index in [-0.39, 0.29) is 0 Å². The average molecular weight is 353 g/mol. The molecule has 0 amide bonds. The highest BCUT2D eigenvalue weighted by Gasteiger charge is 2.31. The normalized spacial score (nSPS) is 22.9. The van der Waals surface area contributed by atoms with Gasteiger partial charge in [-0.05, 0) is 75.7 Å². The minimum Gasteiger partial charge on any atom is -0.303 e. The lowest BCUT2D eigenvalue weighted by molar-refractivity contribution is 0.140. The summed E-state index contributed by atoms with van der Waals surface area (Å²) >= 11 is 0. The Hall–Kier alpha value is -1.65. The second-order valence-electron chi connectivity index (χ2n) is 8.24. The molecule has 1 aromatic carbocycles. The number of hydrogen-bond acceptors (Lipinski definition) is 3. The maximum Gasteiger partial charge on any atom is 0.0765 e. The van der Waals surface area contributed by atoms with E-state index in [0.29, 0.717) is 0 Å². The number of H-pyrrole nitrogens is 1. The van der Waals surface area contributed by atoms with Crippen molar-refractivity contribution in [2.75, 3.05) is 32.7 Å². The Balaban J connectivity index is 1.19. The van der Waals surface area contributed by atoms with E-state index >= 15 is 0 Å². The predicted molar refractivity (Wildman–Crippen MR) is 106 cm³/mol. The van der Waals surface area contributed by atoms with Gasteiger partial charge >= 0.3 is 0 Å². The fourth-order valence-corrected chi connectivity index (χ4v) is 4.75. The number of nitrogens with one attached hydrogen (secondary N) is 1. The minimum atomic E-state index is 0.917. The first-order chi connectivity index (χ1) is 12.8. The topological polar surface area (TPSA) is 35.2 Å². The van der Waals surface area contributed by atoms with Crippen molar-refractivity contribution in [3.8, 4) is 0 Å². The average Bonchev–Trinajstić information content (AvgIpc) is 3.31. The van der Waals surface area contributed by atoms with Gasteiger partial charge in [0.25, 0.3) is 0 Å². The van der Waals surface area contributed by atoms with E-state index in [1.165, 1.54) is 69.7 Å². The van der Waals surface area contributed by atoms with Gasteiger partial charge in [0.2, 0.25) is 0 Å². The molecule has 3 heterocycles. The van der Waals surface area contributed by atoms with E-state index in [2.05, 4.69) is 63.3 Å². The third-order valence-corrected chi connectivity index (χ3v) is 6.31. The molecule has 2 aromatic rings. The molecule has 4 rings (SSSR count). The third kappa shape index (κ3) is 4.54. The fraction of sp³-hybridized carbons (Fsp3) is 0.591. The van der Waals surface area contributed by atoms with Crippen molar-refractivity contribution in [2.45, 2.75) is 39.2 Å². The molecule has 4 nitrogen and oxygen atoms in total. The van der Waals surface area contributed by atoms with Gasteiger partial charge in [-0.15, -0.1) is 0 Å². The van der Waals surface area contributed by atoms with E-state index in [0.717, 1.165) is 24.1 Å². The van der Waals surface area contributed by atoms with E-state index in [1.54, 1.807) is 0 Å². The number of aromatic nitrogens is 2. The second kappa shape index (κ2) is 8.36. The van der Waals surface area contributed by atoms with Crippen molar-refractivity contribution in [3.05, 3.63) is 53.3 Å². The van der Waals surface area contributed by atoms with Crippen molar-refractivity contribution in [1.29, 1.82) is 0 Å². The maximum atomic E-state index is 4.39. The lowest BCUT2D eigenvalue weighted by Gasteiger charge is -2.34. The van der Waals surface area contributed by atoms with E-state index in [1.807, 2.05) is 0 Å². The van der Waals surface area contributed by atoms with Gasteiger partial charge in [-0.2, -0.15) is 5.10 Å². The zero-order valence-electron chi connectivity index (χ0n) is 16.0. The molecule has 2 saturated heterocycles. The zero-order valence-corrected chi connectivity index (χ0v) is 16.0. The Morgan fingerprint density at radius 3 is 2.46 bits per heavy atom. The molecule has 0 saturated carbocycles. The Kier molecular flexibility index (Phi) is 5.71. The lowest BCUT2D eigenvalue weighted by atomic mass is 9.84. The molecule has 0 aliphatic carbocycles. The largest absolute Gasteiger partial charge is 0.303 e. The number of likely N-dealkylation sites (tertiary alicyclic amines) is 2. The molecule has 0 spiro atoms. The summed E-state index contributed by atoms with van der Waals surface area (Å²) in [6, 6.07) is 13.1. The molecule has 1 atom stereocenters. The van der Waals surface area contributed by atoms with Gasteiger partial charge < -0.3 is 4.90 Å². The van der Waals surface area contributed by atoms with Crippen LogP contribution in [-0.4, -0.2) is 52.7 Å². The molecule has 2 aliphatic rings. The van der Waals surface area contributed by atoms with Crippen LogP contribution in [0.2, 0.25) is 0 Å². The number of aromatic amines is 1. The highest BCUT2D eigenvalue weighted by Crippen LogP contribution is 2.32. The van der Waals surface area contributed by atoms with Crippen molar-refractivity contribution in [3.63, 3.8) is 0 Å². The number of piperidine rings is 1. The molecule has 2 fully saturated rings. The summed E-state index contributed by atoms with van der Waals surface area (Å²) in [6.45, 7) is 9.38. The Morgan fingerprint density at radius 1 is 1.00 bits per heavy atom. The first-order valence-corrected chi connectivity index (χ1v) is 10.3. The quantitative estimate of drug-likeness (QED) is 0.864. The van der Waals surface area contributed by atoms with E-state index < -0.39 is 0 Å². The van der Waals surface area contributed by atoms with Crippen molar-refractivity contribution < 1.29 is 0 Å². The monoisotopic (exact) mass is 352 g/mol. The van der Waals surface area contributed by atoms with Gasteiger partial charge in [0.05, 0.1) is 5.69 Å². The van der Waals surface area contributed by atoms with Gasteiger partial charge in [-0.1, -0.05) is 30.3 Å². The summed E-state index contributed by atoms with van der Waals surface area (Å²) < 4.78 is 0. The molecule has 1 N–H and O–H groups in total. The Labute approximate surface area is 157 Å². The first kappa shape index (κ1) is 17.7. The van der Waals surface area contributed by atoms with Crippen molar-refractivity contribution in [1.82, 2.24) is 20.0 Å². The van der Waals surface area contributed by atoms with E-state index in [4.69, 9.17) is 0 Å². The summed E-state index contributed by atoms with van der Waals surface area (Å²) in [4.78, 5) is 5.27. The van der Waals surface area contributed by atoms with Crippen molar-refractivity contribution >= 4 is 0 Å². The standard InChI is InChI=1S/C22H32N4/c1-18-15-22(24-23-18)17-26-12-8-20(9-13-26)21-10-14-25(16-21)11-7-19-5-3-2-4-6-19/h2-6,15,20-21H,7-14,16-17H2,1H3,(H,23,24). The van der Waals surface area contributed by atoms with Gasteiger partial charge in [0.15, 0.2) is 0 Å². The summed E-state index contributed by atoms with van der Waals surface area (Å²) in [6.07, 6.45) is 5.31. The molecule has 4 heteroatoms. The third-order valence-electron chi connectivity index (χ3n) is 6.31. The number of hydrogen-bond donors (Lipinski definition) is 1. The van der Waals surface area contributed by atoms with Crippen LogP contribution in [0.15, 0.2) is 36.4 Å². The predicted octanol–water partition coefficient (Wildman–Crippen LogP) is 3.49.